The molecule has 1 saturated heterocycles. The van der Waals surface area contributed by atoms with Crippen LogP contribution in [0.25, 0.3) is 0 Å². The summed E-state index contributed by atoms with van der Waals surface area (Å²) >= 11 is 0. The van der Waals surface area contributed by atoms with E-state index in [4.69, 9.17) is 0 Å². The van der Waals surface area contributed by atoms with E-state index in [-0.39, 0.29) is 0 Å². The van der Waals surface area contributed by atoms with Crippen molar-refractivity contribution in [3.8, 4) is 0 Å². The summed E-state index contributed by atoms with van der Waals surface area (Å²) in [6.45, 7) is 5.07. The van der Waals surface area contributed by atoms with Crippen LogP contribution < -0.4 is 5.32 Å². The Balaban J connectivity index is 1.80. The van der Waals surface area contributed by atoms with Gasteiger partial charge in [0.25, 0.3) is 0 Å². The van der Waals surface area contributed by atoms with Gasteiger partial charge in [0.2, 0.25) is 0 Å². The van der Waals surface area contributed by atoms with Crippen LogP contribution in [0.15, 0.2) is 0 Å². The van der Waals surface area contributed by atoms with Crippen LogP contribution in [0.4, 0.5) is 0 Å². The molecule has 82 valence electrons. The van der Waals surface area contributed by atoms with Crippen LogP contribution in [-0.2, 0) is 0 Å². The summed E-state index contributed by atoms with van der Waals surface area (Å²) in [5.74, 6) is 0.989. The van der Waals surface area contributed by atoms with Crippen molar-refractivity contribution in [2.75, 3.05) is 20.1 Å². The third-order valence-corrected chi connectivity index (χ3v) is 4.22. The van der Waals surface area contributed by atoms with Gasteiger partial charge >= 0.3 is 0 Å². The molecule has 0 spiro atoms. The quantitative estimate of drug-likeness (QED) is 0.741. The molecule has 2 heteroatoms. The molecule has 1 N–H and O–H groups in total. The summed E-state index contributed by atoms with van der Waals surface area (Å²) in [5.41, 5.74) is 0. The molecule has 0 amide bonds. The van der Waals surface area contributed by atoms with Gasteiger partial charge in [-0.3, -0.25) is 0 Å². The van der Waals surface area contributed by atoms with E-state index in [1.165, 1.54) is 45.2 Å². The third-order valence-electron chi connectivity index (χ3n) is 4.22. The van der Waals surface area contributed by atoms with Crippen LogP contribution in [0.2, 0.25) is 0 Å². The molecule has 2 rings (SSSR count). The minimum absolute atomic E-state index is 0.792. The second kappa shape index (κ2) is 4.63. The van der Waals surface area contributed by atoms with Crippen LogP contribution in [0.3, 0.4) is 0 Å². The molecular weight excluding hydrogens is 172 g/mol. The number of rotatable bonds is 3. The average molecular weight is 196 g/mol. The molecule has 0 aromatic rings. The predicted molar refractivity (Wildman–Crippen MR) is 60.5 cm³/mol. The fraction of sp³-hybridized carbons (Fsp3) is 1.00. The topological polar surface area (TPSA) is 15.3 Å². The van der Waals surface area contributed by atoms with Gasteiger partial charge in [-0.25, -0.2) is 0 Å². The van der Waals surface area contributed by atoms with Crippen molar-refractivity contribution in [3.63, 3.8) is 0 Å². The summed E-state index contributed by atoms with van der Waals surface area (Å²) in [4.78, 5) is 2.74. The van der Waals surface area contributed by atoms with E-state index < -0.39 is 0 Å². The molecule has 0 bridgehead atoms. The van der Waals surface area contributed by atoms with Crippen LogP contribution in [0, 0.1) is 5.92 Å². The SMILES string of the molecule is CCC1CCN(C2CCC(NC)C2)C1. The van der Waals surface area contributed by atoms with Gasteiger partial charge in [0.15, 0.2) is 0 Å². The second-order valence-electron chi connectivity index (χ2n) is 5.01. The minimum atomic E-state index is 0.792. The smallest absolute Gasteiger partial charge is 0.0111 e. The predicted octanol–water partition coefficient (Wildman–Crippen LogP) is 1.86. The number of likely N-dealkylation sites (tertiary alicyclic amines) is 1. The molecule has 2 nitrogen and oxygen atoms in total. The molecule has 0 aromatic heterocycles. The zero-order chi connectivity index (χ0) is 9.97. The van der Waals surface area contributed by atoms with Gasteiger partial charge in [0.05, 0.1) is 0 Å². The number of hydrogen-bond acceptors (Lipinski definition) is 2. The van der Waals surface area contributed by atoms with Gasteiger partial charge in [-0.2, -0.15) is 0 Å². The van der Waals surface area contributed by atoms with Crippen molar-refractivity contribution in [1.82, 2.24) is 10.2 Å². The van der Waals surface area contributed by atoms with E-state index in [0.29, 0.717) is 0 Å². The molecule has 2 aliphatic rings. The van der Waals surface area contributed by atoms with E-state index >= 15 is 0 Å². The summed E-state index contributed by atoms with van der Waals surface area (Å²) in [7, 11) is 2.10. The van der Waals surface area contributed by atoms with Crippen molar-refractivity contribution >= 4 is 0 Å². The summed E-state index contributed by atoms with van der Waals surface area (Å²) in [6.07, 6.45) is 7.00. The highest BCUT2D eigenvalue weighted by atomic mass is 15.2. The molecular formula is C12H24N2. The first-order valence-electron chi connectivity index (χ1n) is 6.24. The Kier molecular flexibility index (Phi) is 3.45. The summed E-state index contributed by atoms with van der Waals surface area (Å²) in [6, 6.07) is 1.68. The first-order chi connectivity index (χ1) is 6.83. The highest BCUT2D eigenvalue weighted by Gasteiger charge is 2.32. The number of nitrogens with zero attached hydrogens (tertiary/aromatic N) is 1. The molecule has 3 atom stereocenters. The summed E-state index contributed by atoms with van der Waals surface area (Å²) < 4.78 is 0. The molecule has 2 fully saturated rings. The lowest BCUT2D eigenvalue weighted by Crippen LogP contribution is -2.33. The van der Waals surface area contributed by atoms with E-state index in [1.54, 1.807) is 0 Å². The van der Waals surface area contributed by atoms with Gasteiger partial charge < -0.3 is 10.2 Å². The van der Waals surface area contributed by atoms with Crippen molar-refractivity contribution in [3.05, 3.63) is 0 Å². The van der Waals surface area contributed by atoms with E-state index in [9.17, 15) is 0 Å². The zero-order valence-electron chi connectivity index (χ0n) is 9.63. The molecule has 1 saturated carbocycles. The molecule has 1 aliphatic carbocycles. The lowest BCUT2D eigenvalue weighted by Gasteiger charge is -2.23. The second-order valence-corrected chi connectivity index (χ2v) is 5.01. The lowest BCUT2D eigenvalue weighted by molar-refractivity contribution is 0.233. The Labute approximate surface area is 88.1 Å². The van der Waals surface area contributed by atoms with Gasteiger partial charge in [0.1, 0.15) is 0 Å². The van der Waals surface area contributed by atoms with Crippen LogP contribution in [-0.4, -0.2) is 37.1 Å². The highest BCUT2D eigenvalue weighted by molar-refractivity contribution is 4.89. The minimum Gasteiger partial charge on any atom is -0.317 e. The van der Waals surface area contributed by atoms with Gasteiger partial charge in [0, 0.05) is 18.6 Å². The first-order valence-corrected chi connectivity index (χ1v) is 6.24. The van der Waals surface area contributed by atoms with E-state index in [0.717, 1.165) is 18.0 Å². The van der Waals surface area contributed by atoms with Crippen molar-refractivity contribution in [1.29, 1.82) is 0 Å². The first kappa shape index (κ1) is 10.4. The summed E-state index contributed by atoms with van der Waals surface area (Å²) in [5, 5.41) is 3.42. The average Bonchev–Trinajstić information content (AvgIpc) is 2.86. The Morgan fingerprint density at radius 3 is 2.71 bits per heavy atom. The van der Waals surface area contributed by atoms with E-state index in [2.05, 4.69) is 24.2 Å². The molecule has 14 heavy (non-hydrogen) atoms. The third kappa shape index (κ3) is 2.12. The van der Waals surface area contributed by atoms with Crippen LogP contribution in [0.5, 0.6) is 0 Å². The molecule has 1 heterocycles. The van der Waals surface area contributed by atoms with Crippen molar-refractivity contribution in [2.24, 2.45) is 5.92 Å². The lowest BCUT2D eigenvalue weighted by atomic mass is 10.1. The number of nitrogens with one attached hydrogen (secondary N) is 1. The number of hydrogen-bond donors (Lipinski definition) is 1. The molecule has 0 aromatic carbocycles. The Hall–Kier alpha value is -0.0800. The van der Waals surface area contributed by atoms with Gasteiger partial charge in [-0.15, -0.1) is 0 Å². The molecule has 1 aliphatic heterocycles. The van der Waals surface area contributed by atoms with Crippen molar-refractivity contribution < 1.29 is 0 Å². The maximum Gasteiger partial charge on any atom is 0.0111 e. The highest BCUT2D eigenvalue weighted by Crippen LogP contribution is 2.29. The monoisotopic (exact) mass is 196 g/mol. The van der Waals surface area contributed by atoms with Crippen LogP contribution in [0.1, 0.15) is 39.0 Å². The maximum absolute atomic E-state index is 3.42. The fourth-order valence-electron chi connectivity index (χ4n) is 3.08. The van der Waals surface area contributed by atoms with Crippen LogP contribution >= 0.6 is 0 Å². The fourth-order valence-corrected chi connectivity index (χ4v) is 3.08. The maximum atomic E-state index is 3.42. The normalized spacial score (nSPS) is 39.4. The standard InChI is InChI=1S/C12H24N2/c1-3-10-6-7-14(9-10)12-5-4-11(8-12)13-2/h10-13H,3-9H2,1-2H3. The Morgan fingerprint density at radius 2 is 2.14 bits per heavy atom. The Bertz CT molecular complexity index is 161. The van der Waals surface area contributed by atoms with E-state index in [1.807, 2.05) is 0 Å². The van der Waals surface area contributed by atoms with Gasteiger partial charge in [-0.1, -0.05) is 13.3 Å². The molecule has 0 radical (unpaired) electrons. The zero-order valence-corrected chi connectivity index (χ0v) is 9.63. The molecule has 3 unspecified atom stereocenters. The van der Waals surface area contributed by atoms with Crippen molar-refractivity contribution in [2.45, 2.75) is 51.1 Å². The van der Waals surface area contributed by atoms with Gasteiger partial charge in [-0.05, 0) is 45.2 Å². The largest absolute Gasteiger partial charge is 0.317 e. The Morgan fingerprint density at radius 1 is 1.29 bits per heavy atom.